The van der Waals surface area contributed by atoms with Gasteiger partial charge in [-0.1, -0.05) is 68.6 Å². The van der Waals surface area contributed by atoms with E-state index in [1.165, 1.54) is 22.9 Å². The summed E-state index contributed by atoms with van der Waals surface area (Å²) in [4.78, 5) is 55.0. The summed E-state index contributed by atoms with van der Waals surface area (Å²) in [6.07, 6.45) is 6.44. The number of rotatable bonds is 18. The van der Waals surface area contributed by atoms with Crippen LogP contribution >= 0.6 is 11.6 Å². The molecule has 0 radical (unpaired) electrons. The molecular weight excluding hydrogens is 892 g/mol. The lowest BCUT2D eigenvalue weighted by Crippen LogP contribution is -2.38. The number of unbranched alkanes of at least 4 members (excludes halogenated alkanes) is 2. The van der Waals surface area contributed by atoms with E-state index in [4.69, 9.17) is 26.2 Å². The number of pyridine rings is 1. The number of morpholine rings is 1. The van der Waals surface area contributed by atoms with Gasteiger partial charge in [0.2, 0.25) is 5.88 Å². The van der Waals surface area contributed by atoms with Gasteiger partial charge in [0.1, 0.15) is 6.61 Å². The molecule has 15 nitrogen and oxygen atoms in total. The standard InChI is InChI=1S/C50H59ClN8O7S/c1-4-6-21-56(22-7-5-2)50(62)46-45(51)35(3)59(53-46)44-16-14-38(32-42(44)49(61)58-24-18-36-11-8-9-12-39(36)33-58)47(60)54-67(63,64)41-15-17-43-37(31-41)19-23-57(43)34-40-13-10-20-52-48(40)66-30-27-55-25-28-65-29-26-55/h8-17,20,31-32H,4-7,18-19,21-30,33-34H2,1-3H3,(H,54,60). The molecule has 0 aliphatic carbocycles. The van der Waals surface area contributed by atoms with Crippen molar-refractivity contribution in [1.29, 1.82) is 0 Å². The number of carbonyl (C=O) groups is 3. The molecule has 3 aliphatic heterocycles. The van der Waals surface area contributed by atoms with Gasteiger partial charge in [-0.25, -0.2) is 22.8 Å². The number of amides is 3. The maximum absolute atomic E-state index is 14.6. The van der Waals surface area contributed by atoms with Crippen LogP contribution in [-0.4, -0.2) is 121 Å². The first kappa shape index (κ1) is 47.7. The fourth-order valence-electron chi connectivity index (χ4n) is 8.88. The van der Waals surface area contributed by atoms with Crippen molar-refractivity contribution in [3.8, 4) is 11.6 Å². The van der Waals surface area contributed by atoms with Gasteiger partial charge in [-0.3, -0.25) is 19.3 Å². The first-order chi connectivity index (χ1) is 32.4. The van der Waals surface area contributed by atoms with Crippen LogP contribution in [-0.2, 0) is 40.7 Å². The maximum atomic E-state index is 14.6. The van der Waals surface area contributed by atoms with Crippen LogP contribution in [0.2, 0.25) is 5.02 Å². The van der Waals surface area contributed by atoms with Crippen LogP contribution in [0.15, 0.2) is 83.9 Å². The Morgan fingerprint density at radius 1 is 0.866 bits per heavy atom. The van der Waals surface area contributed by atoms with E-state index in [0.29, 0.717) is 76.0 Å². The fourth-order valence-corrected chi connectivity index (χ4v) is 10.1. The SMILES string of the molecule is CCCCN(CCCC)C(=O)c1nn(-c2ccc(C(=O)NS(=O)(=O)c3ccc4c(c3)CCN4Cc3cccnc3OCCN3CCOCC3)cc2C(=O)N2CCc3ccccc3C2)c(C)c1Cl. The van der Waals surface area contributed by atoms with Crippen LogP contribution < -0.4 is 14.4 Å². The lowest BCUT2D eigenvalue weighted by molar-refractivity contribution is 0.0319. The van der Waals surface area contributed by atoms with Crippen molar-refractivity contribution in [2.24, 2.45) is 0 Å². The van der Waals surface area contributed by atoms with Gasteiger partial charge in [0, 0.05) is 81.9 Å². The molecule has 17 heteroatoms. The van der Waals surface area contributed by atoms with Gasteiger partial charge in [0.05, 0.1) is 40.1 Å². The van der Waals surface area contributed by atoms with Crippen molar-refractivity contribution in [3.05, 3.63) is 129 Å². The summed E-state index contributed by atoms with van der Waals surface area (Å²) in [5, 5.41) is 4.88. The number of nitrogens with one attached hydrogen (secondary N) is 1. The summed E-state index contributed by atoms with van der Waals surface area (Å²) in [5.41, 5.74) is 5.70. The third-order valence-corrected chi connectivity index (χ3v) is 14.6. The third kappa shape index (κ3) is 10.8. The number of aromatic nitrogens is 3. The Morgan fingerprint density at radius 3 is 2.36 bits per heavy atom. The summed E-state index contributed by atoms with van der Waals surface area (Å²) in [6, 6.07) is 21.1. The number of benzene rings is 3. The summed E-state index contributed by atoms with van der Waals surface area (Å²) in [6.45, 7) is 13.4. The van der Waals surface area contributed by atoms with Gasteiger partial charge in [-0.05, 0) is 91.8 Å². The molecule has 5 heterocycles. The lowest BCUT2D eigenvalue weighted by Gasteiger charge is -2.29. The van der Waals surface area contributed by atoms with Crippen molar-refractivity contribution in [3.63, 3.8) is 0 Å². The first-order valence-electron chi connectivity index (χ1n) is 23.3. The average Bonchev–Trinajstić information content (AvgIpc) is 3.89. The lowest BCUT2D eigenvalue weighted by atomic mass is 9.98. The fraction of sp³-hybridized carbons (Fsp3) is 0.420. The van der Waals surface area contributed by atoms with Crippen LogP contribution in [0.5, 0.6) is 5.88 Å². The van der Waals surface area contributed by atoms with E-state index in [1.807, 2.05) is 36.4 Å². The van der Waals surface area contributed by atoms with Gasteiger partial charge in [-0.15, -0.1) is 0 Å². The van der Waals surface area contributed by atoms with E-state index >= 15 is 0 Å². The van der Waals surface area contributed by atoms with Crippen LogP contribution in [0.3, 0.4) is 0 Å². The van der Waals surface area contributed by atoms with E-state index in [9.17, 15) is 22.8 Å². The zero-order valence-electron chi connectivity index (χ0n) is 38.5. The Morgan fingerprint density at radius 2 is 1.60 bits per heavy atom. The van der Waals surface area contributed by atoms with Crippen molar-refractivity contribution < 1.29 is 32.3 Å². The summed E-state index contributed by atoms with van der Waals surface area (Å²) >= 11 is 6.87. The molecule has 5 aromatic rings. The Balaban J connectivity index is 1.03. The Kier molecular flexibility index (Phi) is 15.3. The van der Waals surface area contributed by atoms with E-state index in [-0.39, 0.29) is 38.6 Å². The predicted molar refractivity (Wildman–Crippen MR) is 257 cm³/mol. The van der Waals surface area contributed by atoms with Crippen molar-refractivity contribution in [1.82, 2.24) is 34.2 Å². The Labute approximate surface area is 398 Å². The van der Waals surface area contributed by atoms with Gasteiger partial charge >= 0.3 is 0 Å². The normalized spacial score (nSPS) is 15.0. The highest BCUT2D eigenvalue weighted by atomic mass is 35.5. The van der Waals surface area contributed by atoms with Gasteiger partial charge in [0.25, 0.3) is 27.7 Å². The number of fused-ring (bicyclic) bond motifs is 2. The molecule has 0 saturated carbocycles. The molecule has 0 spiro atoms. The second kappa shape index (κ2) is 21.4. The first-order valence-corrected chi connectivity index (χ1v) is 25.2. The van der Waals surface area contributed by atoms with Crippen LogP contribution in [0.25, 0.3) is 5.69 Å². The molecule has 0 atom stereocenters. The molecule has 1 fully saturated rings. The van der Waals surface area contributed by atoms with Crippen molar-refractivity contribution >= 4 is 45.0 Å². The van der Waals surface area contributed by atoms with E-state index in [2.05, 4.69) is 33.4 Å². The number of hydrogen-bond acceptors (Lipinski definition) is 11. The molecule has 1 saturated heterocycles. The molecule has 67 heavy (non-hydrogen) atoms. The number of anilines is 1. The molecule has 8 rings (SSSR count). The number of hydrogen-bond donors (Lipinski definition) is 1. The molecule has 3 aromatic carbocycles. The molecule has 354 valence electrons. The Hall–Kier alpha value is -5.81. The predicted octanol–water partition coefficient (Wildman–Crippen LogP) is 6.86. The third-order valence-electron chi connectivity index (χ3n) is 12.8. The zero-order chi connectivity index (χ0) is 47.1. The van der Waals surface area contributed by atoms with Crippen LogP contribution in [0.1, 0.15) is 98.7 Å². The molecule has 3 amide bonds. The number of nitrogens with zero attached hydrogens (tertiary/aromatic N) is 7. The van der Waals surface area contributed by atoms with Gasteiger partial charge in [-0.2, -0.15) is 5.10 Å². The highest BCUT2D eigenvalue weighted by Gasteiger charge is 2.31. The second-order valence-electron chi connectivity index (χ2n) is 17.3. The highest BCUT2D eigenvalue weighted by molar-refractivity contribution is 7.90. The molecule has 1 N–H and O–H groups in total. The van der Waals surface area contributed by atoms with Crippen LogP contribution in [0, 0.1) is 6.92 Å². The molecule has 0 unspecified atom stereocenters. The van der Waals surface area contributed by atoms with E-state index < -0.39 is 15.9 Å². The summed E-state index contributed by atoms with van der Waals surface area (Å²) < 4.78 is 43.2. The van der Waals surface area contributed by atoms with Gasteiger partial charge < -0.3 is 24.2 Å². The maximum Gasteiger partial charge on any atom is 0.275 e. The topological polar surface area (TPSA) is 160 Å². The largest absolute Gasteiger partial charge is 0.476 e. The minimum absolute atomic E-state index is 0.0441. The second-order valence-corrected chi connectivity index (χ2v) is 19.4. The molecule has 0 bridgehead atoms. The average molecular weight is 952 g/mol. The summed E-state index contributed by atoms with van der Waals surface area (Å²) in [5.74, 6) is -1.01. The summed E-state index contributed by atoms with van der Waals surface area (Å²) in [7, 11) is -4.35. The highest BCUT2D eigenvalue weighted by Crippen LogP contribution is 2.33. The Bertz CT molecular complexity index is 2710. The minimum Gasteiger partial charge on any atom is -0.476 e. The quantitative estimate of drug-likeness (QED) is 0.0978. The zero-order valence-corrected chi connectivity index (χ0v) is 40.1. The van der Waals surface area contributed by atoms with Crippen molar-refractivity contribution in [2.45, 2.75) is 77.3 Å². The number of sulfonamides is 1. The van der Waals surface area contributed by atoms with E-state index in [0.717, 1.165) is 86.5 Å². The number of halogens is 1. The number of carbonyl (C=O) groups excluding carboxylic acids is 3. The molecular formula is C50H59ClN8O7S. The molecule has 3 aliphatic rings. The van der Waals surface area contributed by atoms with Crippen LogP contribution in [0.4, 0.5) is 5.69 Å². The van der Waals surface area contributed by atoms with E-state index in [1.54, 1.807) is 41.1 Å². The minimum atomic E-state index is -4.35. The molecule has 2 aromatic heterocycles. The smallest absolute Gasteiger partial charge is 0.275 e. The van der Waals surface area contributed by atoms with Crippen molar-refractivity contribution in [2.75, 3.05) is 70.5 Å². The van der Waals surface area contributed by atoms with Gasteiger partial charge in [0.15, 0.2) is 5.69 Å². The number of ether oxygens (including phenoxy) is 2. The monoisotopic (exact) mass is 950 g/mol.